The van der Waals surface area contributed by atoms with Crippen LogP contribution in [-0.4, -0.2) is 0 Å². The van der Waals surface area contributed by atoms with Gasteiger partial charge in [0, 0.05) is 33.1 Å². The number of fused-ring (bicyclic) bond motifs is 9. The quantitative estimate of drug-likeness (QED) is 0.151. The first-order valence-corrected chi connectivity index (χ1v) is 24.7. The Labute approximate surface area is 414 Å². The molecule has 1 aromatic heterocycles. The van der Waals surface area contributed by atoms with Crippen molar-refractivity contribution in [1.29, 1.82) is 0 Å². The number of hydrogen-bond donors (Lipinski definition) is 0. The molecule has 0 fully saturated rings. The third-order valence-electron chi connectivity index (χ3n) is 15.7. The minimum absolute atomic E-state index is 0.428. The van der Waals surface area contributed by atoms with Crippen LogP contribution in [0.15, 0.2) is 271 Å². The van der Waals surface area contributed by atoms with Gasteiger partial charge in [0.05, 0.1) is 11.1 Å². The molecular formula is C69H47NO. The summed E-state index contributed by atoms with van der Waals surface area (Å²) in [5.74, 6) is 0. The Hall–Kier alpha value is -8.98. The molecule has 0 unspecified atom stereocenters. The average molecular weight is 906 g/mol. The maximum atomic E-state index is 7.47. The highest BCUT2D eigenvalue weighted by Crippen LogP contribution is 2.58. The van der Waals surface area contributed by atoms with Gasteiger partial charge in [0.25, 0.3) is 0 Å². The van der Waals surface area contributed by atoms with Crippen LogP contribution in [0.2, 0.25) is 0 Å². The second-order valence-corrected chi connectivity index (χ2v) is 19.2. The normalized spacial score (nSPS) is 13.6. The second-order valence-electron chi connectivity index (χ2n) is 19.2. The number of benzene rings is 11. The van der Waals surface area contributed by atoms with Crippen LogP contribution in [0, 0.1) is 0 Å². The number of hydrogen-bond acceptors (Lipinski definition) is 2. The molecule has 0 saturated heterocycles. The van der Waals surface area contributed by atoms with Crippen molar-refractivity contribution in [2.75, 3.05) is 4.90 Å². The Morgan fingerprint density at radius 1 is 0.310 bits per heavy atom. The van der Waals surface area contributed by atoms with Crippen LogP contribution in [-0.2, 0) is 10.8 Å². The van der Waals surface area contributed by atoms with Gasteiger partial charge in [-0.2, -0.15) is 0 Å². The molecule has 12 aromatic rings. The van der Waals surface area contributed by atoms with E-state index in [-0.39, 0.29) is 0 Å². The second kappa shape index (κ2) is 16.1. The molecule has 0 saturated carbocycles. The number of anilines is 3. The van der Waals surface area contributed by atoms with E-state index in [4.69, 9.17) is 4.42 Å². The summed E-state index contributed by atoms with van der Waals surface area (Å²) in [7, 11) is 0. The molecule has 1 heterocycles. The van der Waals surface area contributed by atoms with Gasteiger partial charge in [0.15, 0.2) is 5.58 Å². The first kappa shape index (κ1) is 41.0. The number of nitrogens with zero attached hydrogens (tertiary/aromatic N) is 1. The summed E-state index contributed by atoms with van der Waals surface area (Å²) >= 11 is 0. The van der Waals surface area contributed by atoms with E-state index >= 15 is 0 Å². The third-order valence-corrected chi connectivity index (χ3v) is 15.7. The van der Waals surface area contributed by atoms with Gasteiger partial charge in [-0.3, -0.25) is 0 Å². The van der Waals surface area contributed by atoms with Crippen LogP contribution in [0.1, 0.15) is 45.9 Å². The summed E-state index contributed by atoms with van der Waals surface area (Å²) in [5.41, 5.74) is 22.4. The Bertz CT molecular complexity index is 3900. The lowest BCUT2D eigenvalue weighted by Crippen LogP contribution is -2.28. The van der Waals surface area contributed by atoms with E-state index in [1.54, 1.807) is 0 Å². The fourth-order valence-electron chi connectivity index (χ4n) is 12.4. The minimum Gasteiger partial charge on any atom is -0.454 e. The predicted octanol–water partition coefficient (Wildman–Crippen LogP) is 18.1. The van der Waals surface area contributed by atoms with Gasteiger partial charge in [0.1, 0.15) is 5.58 Å². The summed E-state index contributed by atoms with van der Waals surface area (Å²) in [5, 5.41) is 2.19. The molecular weight excluding hydrogens is 859 g/mol. The molecule has 14 rings (SSSR count). The van der Waals surface area contributed by atoms with E-state index in [9.17, 15) is 0 Å². The van der Waals surface area contributed by atoms with E-state index < -0.39 is 10.8 Å². The average Bonchev–Trinajstić information content (AvgIpc) is 4.07. The van der Waals surface area contributed by atoms with Crippen molar-refractivity contribution in [1.82, 2.24) is 0 Å². The zero-order valence-electron chi connectivity index (χ0n) is 39.3. The molecule has 0 atom stereocenters. The summed E-state index contributed by atoms with van der Waals surface area (Å²) in [4.78, 5) is 2.42. The molecule has 2 aliphatic carbocycles. The standard InChI is InChI=1S/C69H47NO/c1-68(60-30-14-11-25-54(60)55-26-12-15-31-61(55)68)63-33-17-28-58-59-29-18-34-65(67(59)71-66(58)63)70(52-41-39-49(40-42-52)48-37-35-47(36-38-48)46-19-5-2-6-20-46)53-43-44-57-56-27-13-16-32-62(56)69(64(57)45-53,50-21-7-3-8-22-50)51-23-9-4-10-24-51/h2-45H,1H3. The van der Waals surface area contributed by atoms with Crippen LogP contribution in [0.5, 0.6) is 0 Å². The van der Waals surface area contributed by atoms with Crippen molar-refractivity contribution in [2.45, 2.75) is 17.8 Å². The van der Waals surface area contributed by atoms with Crippen molar-refractivity contribution in [2.24, 2.45) is 0 Å². The highest BCUT2D eigenvalue weighted by Gasteiger charge is 2.47. The van der Waals surface area contributed by atoms with Gasteiger partial charge in [-0.05, 0) is 115 Å². The summed E-state index contributed by atoms with van der Waals surface area (Å²) < 4.78 is 7.47. The highest BCUT2D eigenvalue weighted by atomic mass is 16.3. The fraction of sp³-hybridized carbons (Fsp3) is 0.0435. The van der Waals surface area contributed by atoms with E-state index in [0.29, 0.717) is 0 Å². The van der Waals surface area contributed by atoms with Gasteiger partial charge in [-0.25, -0.2) is 0 Å². The van der Waals surface area contributed by atoms with Crippen LogP contribution in [0.4, 0.5) is 17.1 Å². The maximum absolute atomic E-state index is 7.47. The molecule has 334 valence electrons. The molecule has 0 bridgehead atoms. The molecule has 0 spiro atoms. The molecule has 11 aromatic carbocycles. The molecule has 71 heavy (non-hydrogen) atoms. The third kappa shape index (κ3) is 6.08. The Morgan fingerprint density at radius 2 is 0.732 bits per heavy atom. The molecule has 0 amide bonds. The van der Waals surface area contributed by atoms with Gasteiger partial charge in [-0.15, -0.1) is 0 Å². The van der Waals surface area contributed by atoms with Gasteiger partial charge < -0.3 is 9.32 Å². The van der Waals surface area contributed by atoms with Gasteiger partial charge in [-0.1, -0.05) is 237 Å². The fourth-order valence-corrected chi connectivity index (χ4v) is 12.4. The molecule has 2 aliphatic rings. The summed E-state index contributed by atoms with van der Waals surface area (Å²) in [6.45, 7) is 2.37. The van der Waals surface area contributed by atoms with Gasteiger partial charge in [0.2, 0.25) is 0 Å². The lowest BCUT2D eigenvalue weighted by Gasteiger charge is -2.35. The number of furan rings is 1. The zero-order valence-corrected chi connectivity index (χ0v) is 39.3. The predicted molar refractivity (Wildman–Crippen MR) is 294 cm³/mol. The monoisotopic (exact) mass is 905 g/mol. The topological polar surface area (TPSA) is 16.4 Å². The van der Waals surface area contributed by atoms with Crippen LogP contribution >= 0.6 is 0 Å². The molecule has 0 N–H and O–H groups in total. The first-order chi connectivity index (χ1) is 35.1. The maximum Gasteiger partial charge on any atom is 0.159 e. The highest BCUT2D eigenvalue weighted by molar-refractivity contribution is 6.12. The van der Waals surface area contributed by atoms with Crippen molar-refractivity contribution >= 4 is 39.0 Å². The Morgan fingerprint density at radius 3 is 1.32 bits per heavy atom. The SMILES string of the molecule is CC1(c2cccc3c2oc2c(N(c4ccc(-c5ccc(-c6ccccc6)cc5)cc4)c4ccc5c(c4)C(c4ccccc4)(c4ccccc4)c4ccccc4-5)cccc23)c2ccccc2-c2ccccc21. The zero-order chi connectivity index (χ0) is 47.1. The Kier molecular flexibility index (Phi) is 9.28. The smallest absolute Gasteiger partial charge is 0.159 e. The molecule has 2 heteroatoms. The van der Waals surface area contributed by atoms with Crippen LogP contribution in [0.25, 0.3) is 66.4 Å². The van der Waals surface area contributed by atoms with Crippen LogP contribution < -0.4 is 4.90 Å². The lowest BCUT2D eigenvalue weighted by atomic mass is 9.67. The van der Waals surface area contributed by atoms with E-state index in [1.807, 2.05) is 0 Å². The molecule has 2 nitrogen and oxygen atoms in total. The van der Waals surface area contributed by atoms with E-state index in [1.165, 1.54) is 72.3 Å². The van der Waals surface area contributed by atoms with Crippen molar-refractivity contribution in [3.63, 3.8) is 0 Å². The van der Waals surface area contributed by atoms with Crippen molar-refractivity contribution in [3.8, 4) is 44.5 Å². The van der Waals surface area contributed by atoms with E-state index in [0.717, 1.165) is 50.1 Å². The van der Waals surface area contributed by atoms with Gasteiger partial charge >= 0.3 is 0 Å². The largest absolute Gasteiger partial charge is 0.454 e. The number of para-hydroxylation sites is 2. The summed E-state index contributed by atoms with van der Waals surface area (Å²) in [6.07, 6.45) is 0. The van der Waals surface area contributed by atoms with Crippen molar-refractivity contribution in [3.05, 3.63) is 306 Å². The first-order valence-electron chi connectivity index (χ1n) is 24.7. The van der Waals surface area contributed by atoms with Crippen molar-refractivity contribution < 1.29 is 4.42 Å². The minimum atomic E-state index is -0.560. The number of rotatable bonds is 8. The van der Waals surface area contributed by atoms with E-state index in [2.05, 4.69) is 279 Å². The Balaban J connectivity index is 0.989. The molecule has 0 radical (unpaired) electrons. The summed E-state index contributed by atoms with van der Waals surface area (Å²) in [6, 6.07) is 97.8. The molecule has 0 aliphatic heterocycles. The lowest BCUT2D eigenvalue weighted by molar-refractivity contribution is 0.638. The van der Waals surface area contributed by atoms with Crippen LogP contribution in [0.3, 0.4) is 0 Å².